The van der Waals surface area contributed by atoms with Crippen molar-refractivity contribution < 1.29 is 4.74 Å². The van der Waals surface area contributed by atoms with E-state index in [1.807, 2.05) is 37.3 Å². The summed E-state index contributed by atoms with van der Waals surface area (Å²) in [4.78, 5) is 11.3. The summed E-state index contributed by atoms with van der Waals surface area (Å²) in [6.07, 6.45) is 0. The van der Waals surface area contributed by atoms with Crippen molar-refractivity contribution in [3.8, 4) is 0 Å². The lowest BCUT2D eigenvalue weighted by molar-refractivity contribution is 0.0398. The van der Waals surface area contributed by atoms with Gasteiger partial charge < -0.3 is 15.4 Å². The molecule has 1 aromatic heterocycles. The molecule has 0 bridgehead atoms. The first-order valence-corrected chi connectivity index (χ1v) is 8.50. The van der Waals surface area contributed by atoms with Gasteiger partial charge in [-0.3, -0.25) is 4.90 Å². The Morgan fingerprint density at radius 3 is 2.79 bits per heavy atom. The van der Waals surface area contributed by atoms with Crippen LogP contribution in [0.2, 0.25) is 5.02 Å². The summed E-state index contributed by atoms with van der Waals surface area (Å²) in [5.41, 5.74) is 1.69. The third-order valence-electron chi connectivity index (χ3n) is 3.81. The molecule has 1 aliphatic rings. The standard InChI is InChI=1S/C17H22ClN5O/c1-13-12-16(19-6-7-23-8-10-24-11-9-23)22-17(20-13)21-15-5-3-2-4-14(15)18/h2-5,12H,6-11H2,1H3,(H2,19,20,21,22). The van der Waals surface area contributed by atoms with E-state index in [4.69, 9.17) is 16.3 Å². The highest BCUT2D eigenvalue weighted by Gasteiger charge is 2.10. The van der Waals surface area contributed by atoms with Crippen LogP contribution in [0.25, 0.3) is 0 Å². The van der Waals surface area contributed by atoms with E-state index in [0.29, 0.717) is 11.0 Å². The monoisotopic (exact) mass is 347 g/mol. The van der Waals surface area contributed by atoms with Gasteiger partial charge in [-0.15, -0.1) is 0 Å². The molecule has 128 valence electrons. The van der Waals surface area contributed by atoms with Crippen LogP contribution >= 0.6 is 11.6 Å². The van der Waals surface area contributed by atoms with Crippen LogP contribution in [0.4, 0.5) is 17.5 Å². The van der Waals surface area contributed by atoms with Gasteiger partial charge in [-0.2, -0.15) is 4.98 Å². The van der Waals surface area contributed by atoms with Gasteiger partial charge in [-0.25, -0.2) is 4.98 Å². The smallest absolute Gasteiger partial charge is 0.229 e. The average Bonchev–Trinajstić information content (AvgIpc) is 2.57. The molecule has 1 saturated heterocycles. The minimum absolute atomic E-state index is 0.539. The zero-order valence-electron chi connectivity index (χ0n) is 13.8. The molecule has 24 heavy (non-hydrogen) atoms. The molecule has 0 spiro atoms. The van der Waals surface area contributed by atoms with Crippen molar-refractivity contribution in [2.45, 2.75) is 6.92 Å². The highest BCUT2D eigenvalue weighted by Crippen LogP contribution is 2.23. The summed E-state index contributed by atoms with van der Waals surface area (Å²) in [5.74, 6) is 1.35. The predicted octanol–water partition coefficient (Wildman–Crippen LogP) is 2.93. The second-order valence-corrected chi connectivity index (χ2v) is 6.11. The molecule has 0 aliphatic carbocycles. The van der Waals surface area contributed by atoms with Crippen molar-refractivity contribution in [2.24, 2.45) is 0 Å². The minimum Gasteiger partial charge on any atom is -0.379 e. The Morgan fingerprint density at radius 2 is 2.00 bits per heavy atom. The minimum atomic E-state index is 0.539. The van der Waals surface area contributed by atoms with Crippen LogP contribution in [0.1, 0.15) is 5.69 Å². The number of ether oxygens (including phenoxy) is 1. The zero-order valence-corrected chi connectivity index (χ0v) is 14.5. The largest absolute Gasteiger partial charge is 0.379 e. The van der Waals surface area contributed by atoms with Crippen molar-refractivity contribution in [3.63, 3.8) is 0 Å². The molecule has 0 radical (unpaired) electrons. The van der Waals surface area contributed by atoms with Crippen molar-refractivity contribution >= 4 is 29.1 Å². The van der Waals surface area contributed by atoms with Crippen molar-refractivity contribution in [1.29, 1.82) is 0 Å². The lowest BCUT2D eigenvalue weighted by atomic mass is 10.3. The molecule has 0 atom stereocenters. The zero-order chi connectivity index (χ0) is 16.8. The first-order chi connectivity index (χ1) is 11.7. The van der Waals surface area contributed by atoms with E-state index >= 15 is 0 Å². The van der Waals surface area contributed by atoms with Gasteiger partial charge in [0, 0.05) is 37.9 Å². The van der Waals surface area contributed by atoms with Crippen molar-refractivity contribution in [2.75, 3.05) is 50.0 Å². The number of benzene rings is 1. The van der Waals surface area contributed by atoms with Gasteiger partial charge in [0.1, 0.15) is 5.82 Å². The molecule has 3 rings (SSSR count). The van der Waals surface area contributed by atoms with Crippen molar-refractivity contribution in [3.05, 3.63) is 41.0 Å². The number of aromatic nitrogens is 2. The number of halogens is 1. The second kappa shape index (κ2) is 8.28. The molecule has 6 nitrogen and oxygen atoms in total. The molecule has 1 aromatic carbocycles. The van der Waals surface area contributed by atoms with E-state index in [1.54, 1.807) is 0 Å². The number of rotatable bonds is 6. The van der Waals surface area contributed by atoms with Crippen LogP contribution < -0.4 is 10.6 Å². The average molecular weight is 348 g/mol. The number of anilines is 3. The second-order valence-electron chi connectivity index (χ2n) is 5.70. The van der Waals surface area contributed by atoms with Gasteiger partial charge in [-0.1, -0.05) is 23.7 Å². The lowest BCUT2D eigenvalue weighted by Crippen LogP contribution is -2.39. The summed E-state index contributed by atoms with van der Waals surface area (Å²) in [7, 11) is 0. The van der Waals surface area contributed by atoms with Gasteiger partial charge in [0.25, 0.3) is 0 Å². The van der Waals surface area contributed by atoms with Gasteiger partial charge in [0.15, 0.2) is 0 Å². The van der Waals surface area contributed by atoms with E-state index in [9.17, 15) is 0 Å². The van der Waals surface area contributed by atoms with Crippen molar-refractivity contribution in [1.82, 2.24) is 14.9 Å². The first-order valence-electron chi connectivity index (χ1n) is 8.12. The Labute approximate surface area is 147 Å². The Kier molecular flexibility index (Phi) is 5.85. The summed E-state index contributed by atoms with van der Waals surface area (Å²) >= 11 is 6.17. The number of hydrogen-bond donors (Lipinski definition) is 2. The molecule has 0 saturated carbocycles. The van der Waals surface area contributed by atoms with E-state index in [2.05, 4.69) is 25.5 Å². The maximum absolute atomic E-state index is 6.17. The molecule has 1 fully saturated rings. The Balaban J connectivity index is 1.60. The topological polar surface area (TPSA) is 62.3 Å². The third-order valence-corrected chi connectivity index (χ3v) is 4.14. The number of para-hydroxylation sites is 1. The van der Waals surface area contributed by atoms with Crippen LogP contribution in [0, 0.1) is 6.92 Å². The van der Waals surface area contributed by atoms with E-state index < -0.39 is 0 Å². The molecule has 0 unspecified atom stereocenters. The van der Waals surface area contributed by atoms with Crippen LogP contribution in [0.3, 0.4) is 0 Å². The quantitative estimate of drug-likeness (QED) is 0.837. The Bertz CT molecular complexity index is 676. The van der Waals surface area contributed by atoms with Crippen LogP contribution in [-0.4, -0.2) is 54.3 Å². The molecule has 2 aromatic rings. The number of hydrogen-bond acceptors (Lipinski definition) is 6. The summed E-state index contributed by atoms with van der Waals surface area (Å²) < 4.78 is 5.36. The summed E-state index contributed by atoms with van der Waals surface area (Å²) in [5, 5.41) is 7.18. The number of nitrogens with zero attached hydrogens (tertiary/aromatic N) is 3. The normalized spacial score (nSPS) is 15.2. The molecule has 2 heterocycles. The molecule has 0 amide bonds. The Morgan fingerprint density at radius 1 is 1.21 bits per heavy atom. The highest BCUT2D eigenvalue weighted by molar-refractivity contribution is 6.33. The first kappa shape index (κ1) is 17.0. The molecule has 2 N–H and O–H groups in total. The maximum atomic E-state index is 6.17. The van der Waals surface area contributed by atoms with Gasteiger partial charge >= 0.3 is 0 Å². The predicted molar refractivity (Wildman–Crippen MR) is 97.3 cm³/mol. The molecular formula is C17H22ClN5O. The summed E-state index contributed by atoms with van der Waals surface area (Å²) in [6, 6.07) is 9.49. The maximum Gasteiger partial charge on any atom is 0.229 e. The summed E-state index contributed by atoms with van der Waals surface area (Å²) in [6.45, 7) is 7.37. The molecule has 7 heteroatoms. The van der Waals surface area contributed by atoms with Crippen LogP contribution in [0.5, 0.6) is 0 Å². The fourth-order valence-electron chi connectivity index (χ4n) is 2.56. The van der Waals surface area contributed by atoms with Crippen LogP contribution in [0.15, 0.2) is 30.3 Å². The SMILES string of the molecule is Cc1cc(NCCN2CCOCC2)nc(Nc2ccccc2Cl)n1. The number of aryl methyl sites for hydroxylation is 1. The number of morpholine rings is 1. The molecular weight excluding hydrogens is 326 g/mol. The lowest BCUT2D eigenvalue weighted by Gasteiger charge is -2.26. The van der Waals surface area contributed by atoms with Gasteiger partial charge in [-0.05, 0) is 19.1 Å². The van der Waals surface area contributed by atoms with Gasteiger partial charge in [0.05, 0.1) is 23.9 Å². The fraction of sp³-hybridized carbons (Fsp3) is 0.412. The van der Waals surface area contributed by atoms with E-state index in [-0.39, 0.29) is 0 Å². The van der Waals surface area contributed by atoms with Gasteiger partial charge in [0.2, 0.25) is 5.95 Å². The highest BCUT2D eigenvalue weighted by atomic mass is 35.5. The van der Waals surface area contributed by atoms with E-state index in [1.165, 1.54) is 0 Å². The van der Waals surface area contributed by atoms with E-state index in [0.717, 1.165) is 56.6 Å². The fourth-order valence-corrected chi connectivity index (χ4v) is 2.75. The Hall–Kier alpha value is -1.89. The number of nitrogens with one attached hydrogen (secondary N) is 2. The molecule has 1 aliphatic heterocycles. The van der Waals surface area contributed by atoms with Crippen LogP contribution in [-0.2, 0) is 4.74 Å². The third kappa shape index (κ3) is 4.80.